The minimum Gasteiger partial charge on any atom is -0.322 e. The molecule has 0 saturated heterocycles. The van der Waals surface area contributed by atoms with Crippen LogP contribution in [0.2, 0.25) is 0 Å². The van der Waals surface area contributed by atoms with E-state index in [4.69, 9.17) is 0 Å². The van der Waals surface area contributed by atoms with Crippen LogP contribution in [0.25, 0.3) is 23.1 Å². The van der Waals surface area contributed by atoms with E-state index in [9.17, 15) is 4.79 Å². The van der Waals surface area contributed by atoms with Crippen molar-refractivity contribution in [2.45, 2.75) is 19.8 Å². The van der Waals surface area contributed by atoms with Crippen molar-refractivity contribution in [3.05, 3.63) is 83.2 Å². The van der Waals surface area contributed by atoms with Crippen LogP contribution in [0.15, 0.2) is 60.7 Å². The lowest BCUT2D eigenvalue weighted by molar-refractivity contribution is 0.0958. The van der Waals surface area contributed by atoms with Gasteiger partial charge in [-0.3, -0.25) is 4.79 Å². The van der Waals surface area contributed by atoms with Gasteiger partial charge in [0.1, 0.15) is 0 Å². The van der Waals surface area contributed by atoms with Gasteiger partial charge in [0.2, 0.25) is 5.95 Å². The molecule has 0 bridgehead atoms. The average Bonchev–Trinajstić information content (AvgIpc) is 3.28. The lowest BCUT2D eigenvalue weighted by atomic mass is 9.85. The molecule has 5 heteroatoms. The molecule has 2 heterocycles. The van der Waals surface area contributed by atoms with Gasteiger partial charge in [0.05, 0.1) is 28.0 Å². The minimum absolute atomic E-state index is 0.152. The van der Waals surface area contributed by atoms with Crippen LogP contribution in [-0.4, -0.2) is 25.5 Å². The largest absolute Gasteiger partial charge is 0.322 e. The van der Waals surface area contributed by atoms with Gasteiger partial charge in [-0.15, -0.1) is 0 Å². The van der Waals surface area contributed by atoms with E-state index in [-0.39, 0.29) is 11.7 Å². The topological polar surface area (TPSA) is 63.6 Å². The first-order chi connectivity index (χ1) is 13.7. The first-order valence-corrected chi connectivity index (χ1v) is 9.49. The van der Waals surface area contributed by atoms with Gasteiger partial charge in [-0.1, -0.05) is 54.6 Å². The number of carbonyl (C=O) groups excluding carboxylic acids is 1. The van der Waals surface area contributed by atoms with Crippen molar-refractivity contribution in [3.63, 3.8) is 0 Å². The number of carbonyl (C=O) groups is 1. The molecule has 4 aromatic rings. The highest BCUT2D eigenvalue weighted by Crippen LogP contribution is 2.30. The van der Waals surface area contributed by atoms with Crippen LogP contribution in [0.1, 0.15) is 33.7 Å². The van der Waals surface area contributed by atoms with Crippen molar-refractivity contribution in [2.75, 3.05) is 0 Å². The molecule has 1 aliphatic carbocycles. The zero-order valence-corrected chi connectivity index (χ0v) is 15.6. The van der Waals surface area contributed by atoms with Crippen LogP contribution in [0.5, 0.6) is 0 Å². The molecule has 0 unspecified atom stereocenters. The maximum Gasteiger partial charge on any atom is 0.229 e. The Morgan fingerprint density at radius 1 is 1.07 bits per heavy atom. The molecule has 0 saturated carbocycles. The normalized spacial score (nSPS) is 16.8. The Hall–Kier alpha value is -3.47. The van der Waals surface area contributed by atoms with E-state index in [2.05, 4.69) is 39.4 Å². The molecule has 0 fully saturated rings. The highest BCUT2D eigenvalue weighted by atomic mass is 16.1. The highest BCUT2D eigenvalue weighted by molar-refractivity contribution is 5.99. The Morgan fingerprint density at radius 2 is 1.86 bits per heavy atom. The summed E-state index contributed by atoms with van der Waals surface area (Å²) >= 11 is 0. The van der Waals surface area contributed by atoms with Gasteiger partial charge in [-0.2, -0.15) is 5.10 Å². The highest BCUT2D eigenvalue weighted by Gasteiger charge is 2.31. The second kappa shape index (κ2) is 6.60. The SMILES string of the molecule is Cc1nn(-c2nc3ccccc3[nH]2)c2c1C(=O)C[C@H](/C=C/c1ccccc1)C2. The quantitative estimate of drug-likeness (QED) is 0.578. The van der Waals surface area contributed by atoms with Crippen LogP contribution in [-0.2, 0) is 6.42 Å². The molecule has 1 N–H and O–H groups in total. The molecule has 138 valence electrons. The number of rotatable bonds is 3. The van der Waals surface area contributed by atoms with Crippen molar-refractivity contribution in [1.82, 2.24) is 19.7 Å². The Kier molecular flexibility index (Phi) is 3.93. The number of ketones is 1. The zero-order valence-electron chi connectivity index (χ0n) is 15.6. The number of Topliss-reactive ketones (excluding diaryl/α,β-unsaturated/α-hetero) is 1. The number of benzene rings is 2. The molecule has 0 aliphatic heterocycles. The number of imidazole rings is 1. The molecule has 28 heavy (non-hydrogen) atoms. The summed E-state index contributed by atoms with van der Waals surface area (Å²) in [6, 6.07) is 18.1. The standard InChI is InChI=1S/C23H20N4O/c1-15-22-20(27(26-15)23-24-18-9-5-6-10-19(18)25-23)13-17(14-21(22)28)12-11-16-7-3-2-4-8-16/h2-12,17H,13-14H2,1H3,(H,24,25)/b12-11+/t17-/m1/s1. The predicted molar refractivity (Wildman–Crippen MR) is 110 cm³/mol. The van der Waals surface area contributed by atoms with E-state index in [1.807, 2.05) is 54.1 Å². The Bertz CT molecular complexity index is 1170. The fraction of sp³-hybridized carbons (Fsp3) is 0.174. The summed E-state index contributed by atoms with van der Waals surface area (Å²) in [4.78, 5) is 20.8. The third-order valence-corrected chi connectivity index (χ3v) is 5.28. The summed E-state index contributed by atoms with van der Waals surface area (Å²) < 4.78 is 1.81. The van der Waals surface area contributed by atoms with Gasteiger partial charge in [0, 0.05) is 6.42 Å². The number of nitrogens with zero attached hydrogens (tertiary/aromatic N) is 3. The van der Waals surface area contributed by atoms with Gasteiger partial charge in [-0.05, 0) is 37.0 Å². The smallest absolute Gasteiger partial charge is 0.229 e. The summed E-state index contributed by atoms with van der Waals surface area (Å²) in [6.07, 6.45) is 5.52. The Labute approximate surface area is 162 Å². The van der Waals surface area contributed by atoms with Crippen molar-refractivity contribution in [2.24, 2.45) is 5.92 Å². The third-order valence-electron chi connectivity index (χ3n) is 5.28. The van der Waals surface area contributed by atoms with Gasteiger partial charge in [-0.25, -0.2) is 9.67 Å². The number of hydrogen-bond donors (Lipinski definition) is 1. The fourth-order valence-electron chi connectivity index (χ4n) is 3.95. The number of hydrogen-bond acceptors (Lipinski definition) is 3. The van der Waals surface area contributed by atoms with Crippen LogP contribution in [0, 0.1) is 12.8 Å². The number of H-pyrrole nitrogens is 1. The van der Waals surface area contributed by atoms with Gasteiger partial charge >= 0.3 is 0 Å². The van der Waals surface area contributed by atoms with Crippen LogP contribution < -0.4 is 0 Å². The summed E-state index contributed by atoms with van der Waals surface area (Å²) in [5, 5.41) is 4.64. The fourth-order valence-corrected chi connectivity index (χ4v) is 3.95. The van der Waals surface area contributed by atoms with Crippen LogP contribution >= 0.6 is 0 Å². The van der Waals surface area contributed by atoms with Gasteiger partial charge < -0.3 is 4.98 Å². The number of aryl methyl sites for hydroxylation is 1. The summed E-state index contributed by atoms with van der Waals surface area (Å²) in [7, 11) is 0. The Morgan fingerprint density at radius 3 is 2.68 bits per heavy atom. The summed E-state index contributed by atoms with van der Waals surface area (Å²) in [5.74, 6) is 0.967. The number of fused-ring (bicyclic) bond motifs is 2. The molecule has 5 nitrogen and oxygen atoms in total. The van der Waals surface area contributed by atoms with Gasteiger partial charge in [0.25, 0.3) is 0 Å². The third kappa shape index (κ3) is 2.85. The molecule has 2 aromatic carbocycles. The maximum absolute atomic E-state index is 12.8. The predicted octanol–water partition coefficient (Wildman–Crippen LogP) is 4.52. The number of allylic oxidation sites excluding steroid dienone is 1. The minimum atomic E-state index is 0.152. The summed E-state index contributed by atoms with van der Waals surface area (Å²) in [6.45, 7) is 1.90. The van der Waals surface area contributed by atoms with E-state index in [1.165, 1.54) is 0 Å². The molecule has 1 atom stereocenters. The molecule has 5 rings (SSSR count). The van der Waals surface area contributed by atoms with E-state index in [0.717, 1.165) is 40.0 Å². The van der Waals surface area contributed by atoms with Crippen molar-refractivity contribution in [3.8, 4) is 5.95 Å². The monoisotopic (exact) mass is 368 g/mol. The van der Waals surface area contributed by atoms with Crippen LogP contribution in [0.4, 0.5) is 0 Å². The van der Waals surface area contributed by atoms with Crippen molar-refractivity contribution < 1.29 is 4.79 Å². The second-order valence-electron chi connectivity index (χ2n) is 7.26. The number of aromatic nitrogens is 4. The zero-order chi connectivity index (χ0) is 19.1. The number of aromatic amines is 1. The summed E-state index contributed by atoms with van der Waals surface area (Å²) in [5.41, 5.74) is 5.46. The Balaban J connectivity index is 1.52. The van der Waals surface area contributed by atoms with Crippen molar-refractivity contribution >= 4 is 22.9 Å². The van der Waals surface area contributed by atoms with E-state index < -0.39 is 0 Å². The van der Waals surface area contributed by atoms with Crippen molar-refractivity contribution in [1.29, 1.82) is 0 Å². The first kappa shape index (κ1) is 16.7. The second-order valence-corrected chi connectivity index (χ2v) is 7.26. The molecule has 0 spiro atoms. The number of nitrogens with one attached hydrogen (secondary N) is 1. The molecular weight excluding hydrogens is 348 g/mol. The lowest BCUT2D eigenvalue weighted by Gasteiger charge is -2.19. The molecular formula is C23H20N4O. The lowest BCUT2D eigenvalue weighted by Crippen LogP contribution is -2.20. The average molecular weight is 368 g/mol. The van der Waals surface area contributed by atoms with E-state index >= 15 is 0 Å². The number of para-hydroxylation sites is 2. The van der Waals surface area contributed by atoms with Crippen LogP contribution in [0.3, 0.4) is 0 Å². The molecule has 0 amide bonds. The van der Waals surface area contributed by atoms with Gasteiger partial charge in [0.15, 0.2) is 5.78 Å². The van der Waals surface area contributed by atoms with E-state index in [0.29, 0.717) is 12.4 Å². The molecule has 0 radical (unpaired) electrons. The van der Waals surface area contributed by atoms with E-state index in [1.54, 1.807) is 0 Å². The maximum atomic E-state index is 12.8. The first-order valence-electron chi connectivity index (χ1n) is 9.49. The molecule has 1 aliphatic rings. The molecule has 2 aromatic heterocycles.